The monoisotopic (exact) mass is 278 g/mol. The number of carbonyl (C=O) groups is 3. The Morgan fingerprint density at radius 2 is 2.05 bits per heavy atom. The standard InChI is InChI=1S/C15H18O5/c1-9(16)20-13-6-4-5-10(14(18)19-3)11-7-8-12(17)15(11,13)2/h4,6,13H,5,7-8H2,1-3H3/t13-,15+/m1/s1. The van der Waals surface area contributed by atoms with Crippen molar-refractivity contribution in [3.63, 3.8) is 0 Å². The van der Waals surface area contributed by atoms with E-state index in [0.29, 0.717) is 24.8 Å². The maximum atomic E-state index is 12.3. The van der Waals surface area contributed by atoms with Crippen LogP contribution in [0.15, 0.2) is 23.3 Å². The van der Waals surface area contributed by atoms with Crippen molar-refractivity contribution in [2.24, 2.45) is 5.41 Å². The molecule has 0 aromatic rings. The summed E-state index contributed by atoms with van der Waals surface area (Å²) in [5.41, 5.74) is 0.291. The molecule has 0 heterocycles. The fourth-order valence-electron chi connectivity index (χ4n) is 3.01. The smallest absolute Gasteiger partial charge is 0.334 e. The fourth-order valence-corrected chi connectivity index (χ4v) is 3.01. The van der Waals surface area contributed by atoms with Crippen molar-refractivity contribution in [3.8, 4) is 0 Å². The van der Waals surface area contributed by atoms with Gasteiger partial charge >= 0.3 is 11.9 Å². The quantitative estimate of drug-likeness (QED) is 0.568. The summed E-state index contributed by atoms with van der Waals surface area (Å²) in [5.74, 6) is -0.873. The van der Waals surface area contributed by atoms with Gasteiger partial charge in [-0.05, 0) is 31.4 Å². The summed E-state index contributed by atoms with van der Waals surface area (Å²) < 4.78 is 10.1. The predicted octanol–water partition coefficient (Wildman–Crippen LogP) is 1.72. The number of fused-ring (bicyclic) bond motifs is 1. The van der Waals surface area contributed by atoms with E-state index >= 15 is 0 Å². The molecule has 0 amide bonds. The maximum Gasteiger partial charge on any atom is 0.334 e. The third-order valence-corrected chi connectivity index (χ3v) is 4.10. The molecule has 0 bridgehead atoms. The first-order valence-electron chi connectivity index (χ1n) is 6.59. The molecule has 2 atom stereocenters. The van der Waals surface area contributed by atoms with E-state index in [-0.39, 0.29) is 5.78 Å². The molecule has 0 radical (unpaired) electrons. The number of ether oxygens (including phenoxy) is 2. The minimum absolute atomic E-state index is 0.00768. The van der Waals surface area contributed by atoms with Crippen molar-refractivity contribution in [2.45, 2.75) is 39.2 Å². The van der Waals surface area contributed by atoms with E-state index in [1.165, 1.54) is 14.0 Å². The molecule has 5 nitrogen and oxygen atoms in total. The van der Waals surface area contributed by atoms with E-state index in [0.717, 1.165) is 5.57 Å². The third kappa shape index (κ3) is 2.17. The molecule has 2 aliphatic carbocycles. The summed E-state index contributed by atoms with van der Waals surface area (Å²) in [4.78, 5) is 35.5. The Morgan fingerprint density at radius 3 is 2.65 bits per heavy atom. The molecule has 0 saturated heterocycles. The van der Waals surface area contributed by atoms with Crippen LogP contribution in [0, 0.1) is 5.41 Å². The van der Waals surface area contributed by atoms with E-state index in [1.807, 2.05) is 0 Å². The number of methoxy groups -OCH3 is 1. The van der Waals surface area contributed by atoms with Gasteiger partial charge in [0.25, 0.3) is 0 Å². The normalized spacial score (nSPS) is 28.9. The average Bonchev–Trinajstić information content (AvgIpc) is 2.62. The highest BCUT2D eigenvalue weighted by molar-refractivity contribution is 5.98. The predicted molar refractivity (Wildman–Crippen MR) is 70.7 cm³/mol. The van der Waals surface area contributed by atoms with Gasteiger partial charge in [0.1, 0.15) is 11.9 Å². The first-order chi connectivity index (χ1) is 9.41. The first-order valence-corrected chi connectivity index (χ1v) is 6.59. The molecule has 108 valence electrons. The largest absolute Gasteiger partial charge is 0.466 e. The first kappa shape index (κ1) is 14.5. The van der Waals surface area contributed by atoms with Gasteiger partial charge in [-0.15, -0.1) is 0 Å². The molecular weight excluding hydrogens is 260 g/mol. The van der Waals surface area contributed by atoms with Crippen LogP contribution in [0.3, 0.4) is 0 Å². The van der Waals surface area contributed by atoms with Crippen LogP contribution >= 0.6 is 0 Å². The van der Waals surface area contributed by atoms with Crippen molar-refractivity contribution >= 4 is 17.7 Å². The van der Waals surface area contributed by atoms with Gasteiger partial charge in [-0.1, -0.05) is 6.08 Å². The molecule has 2 rings (SSSR count). The van der Waals surface area contributed by atoms with Crippen LogP contribution in [0.1, 0.15) is 33.1 Å². The molecule has 20 heavy (non-hydrogen) atoms. The Balaban J connectivity index is 2.54. The minimum atomic E-state index is -0.956. The number of rotatable bonds is 2. The minimum Gasteiger partial charge on any atom is -0.466 e. The number of allylic oxidation sites excluding steroid dienone is 1. The van der Waals surface area contributed by atoms with E-state index in [9.17, 15) is 14.4 Å². The summed E-state index contributed by atoms with van der Waals surface area (Å²) >= 11 is 0. The van der Waals surface area contributed by atoms with Crippen LogP contribution in [-0.4, -0.2) is 30.9 Å². The molecule has 0 spiro atoms. The van der Waals surface area contributed by atoms with Crippen molar-refractivity contribution in [1.29, 1.82) is 0 Å². The second kappa shape index (κ2) is 5.23. The van der Waals surface area contributed by atoms with Gasteiger partial charge < -0.3 is 9.47 Å². The number of Topliss-reactive ketones (excluding diaryl/α,β-unsaturated/α-hetero) is 1. The van der Waals surface area contributed by atoms with Gasteiger partial charge in [-0.3, -0.25) is 9.59 Å². The molecule has 0 unspecified atom stereocenters. The number of ketones is 1. The maximum absolute atomic E-state index is 12.3. The van der Waals surface area contributed by atoms with Crippen molar-refractivity contribution < 1.29 is 23.9 Å². The lowest BCUT2D eigenvalue weighted by atomic mass is 9.77. The van der Waals surface area contributed by atoms with Gasteiger partial charge in [0, 0.05) is 18.9 Å². The molecule has 5 heteroatoms. The van der Waals surface area contributed by atoms with Crippen LogP contribution in [0.5, 0.6) is 0 Å². The summed E-state index contributed by atoms with van der Waals surface area (Å²) in [6, 6.07) is 0. The van der Waals surface area contributed by atoms with Gasteiger partial charge in [-0.2, -0.15) is 0 Å². The number of hydrogen-bond acceptors (Lipinski definition) is 5. The summed E-state index contributed by atoms with van der Waals surface area (Å²) in [6.45, 7) is 3.05. The second-order valence-corrected chi connectivity index (χ2v) is 5.24. The number of hydrogen-bond donors (Lipinski definition) is 0. The van der Waals surface area contributed by atoms with Gasteiger partial charge in [-0.25, -0.2) is 4.79 Å². The summed E-state index contributed by atoms with van der Waals surface area (Å²) in [5, 5.41) is 0. The van der Waals surface area contributed by atoms with Gasteiger partial charge in [0.05, 0.1) is 12.5 Å². The van der Waals surface area contributed by atoms with E-state index in [2.05, 4.69) is 0 Å². The third-order valence-electron chi connectivity index (χ3n) is 4.10. The lowest BCUT2D eigenvalue weighted by Gasteiger charge is -2.31. The molecule has 0 aliphatic heterocycles. The Bertz CT molecular complexity index is 528. The van der Waals surface area contributed by atoms with Crippen molar-refractivity contribution in [2.75, 3.05) is 7.11 Å². The Hall–Kier alpha value is -1.91. The molecular formula is C15H18O5. The Labute approximate surface area is 117 Å². The van der Waals surface area contributed by atoms with Crippen LogP contribution < -0.4 is 0 Å². The lowest BCUT2D eigenvalue weighted by molar-refractivity contribution is -0.150. The Morgan fingerprint density at radius 1 is 1.35 bits per heavy atom. The highest BCUT2D eigenvalue weighted by Gasteiger charge is 2.51. The molecule has 0 aromatic heterocycles. The summed E-state index contributed by atoms with van der Waals surface area (Å²) in [7, 11) is 1.32. The van der Waals surface area contributed by atoms with Gasteiger partial charge in [0.15, 0.2) is 0 Å². The van der Waals surface area contributed by atoms with Crippen LogP contribution in [-0.2, 0) is 23.9 Å². The number of carbonyl (C=O) groups excluding carboxylic acids is 3. The zero-order valence-electron chi connectivity index (χ0n) is 11.9. The van der Waals surface area contributed by atoms with Crippen LogP contribution in [0.2, 0.25) is 0 Å². The van der Waals surface area contributed by atoms with E-state index in [4.69, 9.17) is 9.47 Å². The fraction of sp³-hybridized carbons (Fsp3) is 0.533. The lowest BCUT2D eigenvalue weighted by Crippen LogP contribution is -2.39. The van der Waals surface area contributed by atoms with Crippen LogP contribution in [0.25, 0.3) is 0 Å². The Kier molecular flexibility index (Phi) is 3.79. The average molecular weight is 278 g/mol. The topological polar surface area (TPSA) is 69.7 Å². The molecule has 1 saturated carbocycles. The molecule has 2 aliphatic rings. The zero-order valence-corrected chi connectivity index (χ0v) is 11.9. The van der Waals surface area contributed by atoms with Crippen molar-refractivity contribution in [3.05, 3.63) is 23.3 Å². The molecule has 1 fully saturated rings. The highest BCUT2D eigenvalue weighted by Crippen LogP contribution is 2.47. The van der Waals surface area contributed by atoms with Gasteiger partial charge in [0.2, 0.25) is 0 Å². The molecule has 0 aromatic carbocycles. The SMILES string of the molecule is COC(=O)C1=C2CCC(=O)[C@@]2(C)[C@H](OC(C)=O)C=CC1. The highest BCUT2D eigenvalue weighted by atomic mass is 16.5. The van der Waals surface area contributed by atoms with Crippen LogP contribution in [0.4, 0.5) is 0 Å². The second-order valence-electron chi connectivity index (χ2n) is 5.24. The summed E-state index contributed by atoms with van der Waals surface area (Å²) in [6.07, 6.45) is 4.05. The number of esters is 2. The zero-order chi connectivity index (χ0) is 14.9. The van der Waals surface area contributed by atoms with Crippen molar-refractivity contribution in [1.82, 2.24) is 0 Å². The van der Waals surface area contributed by atoms with E-state index < -0.39 is 23.5 Å². The van der Waals surface area contributed by atoms with E-state index in [1.54, 1.807) is 19.1 Å². The molecule has 0 N–H and O–H groups in total.